The van der Waals surface area contributed by atoms with Gasteiger partial charge in [0, 0.05) is 6.04 Å². The molecule has 0 aliphatic heterocycles. The molecule has 1 amide bonds. The summed E-state index contributed by atoms with van der Waals surface area (Å²) in [5.41, 5.74) is -0.408. The van der Waals surface area contributed by atoms with Crippen LogP contribution in [0.2, 0.25) is 0 Å². The lowest BCUT2D eigenvalue weighted by Gasteiger charge is -2.21. The molecule has 0 aliphatic rings. The fourth-order valence-corrected chi connectivity index (χ4v) is 1.09. The molecule has 0 aromatic heterocycles. The molecule has 3 heteroatoms. The van der Waals surface area contributed by atoms with E-state index in [1.54, 1.807) is 0 Å². The van der Waals surface area contributed by atoms with Crippen molar-refractivity contribution in [1.29, 1.82) is 0 Å². The monoisotopic (exact) mass is 201 g/mol. The second-order valence-electron chi connectivity index (χ2n) is 4.69. The van der Waals surface area contributed by atoms with Gasteiger partial charge in [-0.2, -0.15) is 0 Å². The van der Waals surface area contributed by atoms with E-state index >= 15 is 0 Å². The summed E-state index contributed by atoms with van der Waals surface area (Å²) in [5.74, 6) is 0. The zero-order chi connectivity index (χ0) is 11.2. The highest BCUT2D eigenvalue weighted by Gasteiger charge is 2.17. The fourth-order valence-electron chi connectivity index (χ4n) is 1.09. The number of hydrogen-bond acceptors (Lipinski definition) is 2. The first-order valence-corrected chi connectivity index (χ1v) is 5.34. The summed E-state index contributed by atoms with van der Waals surface area (Å²) in [7, 11) is 0. The Balaban J connectivity index is 3.71. The van der Waals surface area contributed by atoms with Crippen LogP contribution in [0.1, 0.15) is 53.9 Å². The summed E-state index contributed by atoms with van der Waals surface area (Å²) in [5, 5.41) is 2.81. The SMILES string of the molecule is CCCC[C@@H](C)NC(=O)OC(C)(C)C. The number of carbonyl (C=O) groups is 1. The highest BCUT2D eigenvalue weighted by Crippen LogP contribution is 2.07. The van der Waals surface area contributed by atoms with Crippen molar-refractivity contribution < 1.29 is 9.53 Å². The molecule has 0 aromatic carbocycles. The molecule has 0 aromatic rings. The topological polar surface area (TPSA) is 38.3 Å². The first kappa shape index (κ1) is 13.3. The molecule has 84 valence electrons. The standard InChI is InChI=1S/C11H23NO2/c1-6-7-8-9(2)12-10(13)14-11(3,4)5/h9H,6-8H2,1-5H3,(H,12,13)/t9-/m1/s1. The van der Waals surface area contributed by atoms with Gasteiger partial charge in [0.25, 0.3) is 0 Å². The van der Waals surface area contributed by atoms with Gasteiger partial charge in [-0.25, -0.2) is 4.79 Å². The second kappa shape index (κ2) is 5.89. The molecule has 0 saturated heterocycles. The molecular formula is C11H23NO2. The zero-order valence-corrected chi connectivity index (χ0v) is 10.0. The maximum absolute atomic E-state index is 11.3. The van der Waals surface area contributed by atoms with E-state index in [0.717, 1.165) is 19.3 Å². The second-order valence-corrected chi connectivity index (χ2v) is 4.69. The van der Waals surface area contributed by atoms with Gasteiger partial charge in [-0.3, -0.25) is 0 Å². The minimum Gasteiger partial charge on any atom is -0.444 e. The quantitative estimate of drug-likeness (QED) is 0.759. The highest BCUT2D eigenvalue weighted by molar-refractivity contribution is 5.67. The summed E-state index contributed by atoms with van der Waals surface area (Å²) in [6, 6.07) is 0.199. The summed E-state index contributed by atoms with van der Waals surface area (Å²) < 4.78 is 5.14. The van der Waals surface area contributed by atoms with Crippen molar-refractivity contribution in [2.75, 3.05) is 0 Å². The number of hydrogen-bond donors (Lipinski definition) is 1. The van der Waals surface area contributed by atoms with Crippen LogP contribution in [0, 0.1) is 0 Å². The molecule has 3 nitrogen and oxygen atoms in total. The van der Waals surface area contributed by atoms with Gasteiger partial charge in [0.05, 0.1) is 0 Å². The molecule has 0 spiro atoms. The predicted octanol–water partition coefficient (Wildman–Crippen LogP) is 3.09. The zero-order valence-electron chi connectivity index (χ0n) is 10.0. The van der Waals surface area contributed by atoms with Gasteiger partial charge < -0.3 is 10.1 Å². The first-order valence-electron chi connectivity index (χ1n) is 5.34. The van der Waals surface area contributed by atoms with Crippen LogP contribution in [0.3, 0.4) is 0 Å². The van der Waals surface area contributed by atoms with Gasteiger partial charge in [-0.15, -0.1) is 0 Å². The smallest absolute Gasteiger partial charge is 0.407 e. The fraction of sp³-hybridized carbons (Fsp3) is 0.909. The van der Waals surface area contributed by atoms with Gasteiger partial charge in [-0.1, -0.05) is 19.8 Å². The van der Waals surface area contributed by atoms with Crippen LogP contribution in [-0.2, 0) is 4.74 Å². The van der Waals surface area contributed by atoms with E-state index in [2.05, 4.69) is 12.2 Å². The molecule has 0 unspecified atom stereocenters. The lowest BCUT2D eigenvalue weighted by molar-refractivity contribution is 0.0506. The third kappa shape index (κ3) is 7.90. The summed E-state index contributed by atoms with van der Waals surface area (Å²) >= 11 is 0. The molecule has 0 heterocycles. The van der Waals surface area contributed by atoms with Crippen LogP contribution in [0.25, 0.3) is 0 Å². The molecule has 0 saturated carbocycles. The maximum Gasteiger partial charge on any atom is 0.407 e. The number of rotatable bonds is 4. The van der Waals surface area contributed by atoms with E-state index in [-0.39, 0.29) is 12.1 Å². The maximum atomic E-state index is 11.3. The number of nitrogens with one attached hydrogen (secondary N) is 1. The van der Waals surface area contributed by atoms with Crippen molar-refractivity contribution in [3.05, 3.63) is 0 Å². The van der Waals surface area contributed by atoms with Gasteiger partial charge in [0.1, 0.15) is 5.60 Å². The molecule has 0 fully saturated rings. The van der Waals surface area contributed by atoms with E-state index in [0.29, 0.717) is 0 Å². The van der Waals surface area contributed by atoms with E-state index in [9.17, 15) is 4.79 Å². The third-order valence-electron chi connectivity index (χ3n) is 1.75. The van der Waals surface area contributed by atoms with Crippen LogP contribution >= 0.6 is 0 Å². The number of ether oxygens (including phenoxy) is 1. The van der Waals surface area contributed by atoms with Crippen LogP contribution in [-0.4, -0.2) is 17.7 Å². The first-order chi connectivity index (χ1) is 6.35. The minimum atomic E-state index is -0.408. The lowest BCUT2D eigenvalue weighted by atomic mass is 10.1. The molecule has 0 rings (SSSR count). The summed E-state index contributed by atoms with van der Waals surface area (Å²) in [6.45, 7) is 9.73. The van der Waals surface area contributed by atoms with Crippen molar-refractivity contribution >= 4 is 6.09 Å². The molecule has 1 atom stereocenters. The average molecular weight is 201 g/mol. The van der Waals surface area contributed by atoms with Gasteiger partial charge >= 0.3 is 6.09 Å². The Labute approximate surface area is 87.2 Å². The Kier molecular flexibility index (Phi) is 5.58. The van der Waals surface area contributed by atoms with Crippen molar-refractivity contribution in [3.8, 4) is 0 Å². The molecule has 14 heavy (non-hydrogen) atoms. The van der Waals surface area contributed by atoms with E-state index in [4.69, 9.17) is 4.74 Å². The Morgan fingerprint density at radius 1 is 1.43 bits per heavy atom. The van der Waals surface area contributed by atoms with Crippen molar-refractivity contribution in [3.63, 3.8) is 0 Å². The highest BCUT2D eigenvalue weighted by atomic mass is 16.6. The van der Waals surface area contributed by atoms with Gasteiger partial charge in [0.15, 0.2) is 0 Å². The Morgan fingerprint density at radius 2 is 2.00 bits per heavy atom. The lowest BCUT2D eigenvalue weighted by Crippen LogP contribution is -2.37. The minimum absolute atomic E-state index is 0.199. The molecule has 1 N–H and O–H groups in total. The normalized spacial score (nSPS) is 13.5. The summed E-state index contributed by atoms with van der Waals surface area (Å²) in [6.07, 6.45) is 2.98. The third-order valence-corrected chi connectivity index (χ3v) is 1.75. The van der Waals surface area contributed by atoms with E-state index in [1.807, 2.05) is 27.7 Å². The number of unbranched alkanes of at least 4 members (excludes halogenated alkanes) is 1. The van der Waals surface area contributed by atoms with Crippen molar-refractivity contribution in [2.45, 2.75) is 65.5 Å². The molecular weight excluding hydrogens is 178 g/mol. The number of amides is 1. The van der Waals surface area contributed by atoms with Crippen molar-refractivity contribution in [2.24, 2.45) is 0 Å². The van der Waals surface area contributed by atoms with E-state index in [1.165, 1.54) is 0 Å². The number of alkyl carbamates (subject to hydrolysis) is 1. The Hall–Kier alpha value is -0.730. The molecule has 0 aliphatic carbocycles. The van der Waals surface area contributed by atoms with Gasteiger partial charge in [-0.05, 0) is 34.1 Å². The molecule has 0 bridgehead atoms. The Morgan fingerprint density at radius 3 is 2.43 bits per heavy atom. The number of carbonyl (C=O) groups excluding carboxylic acids is 1. The molecule has 0 radical (unpaired) electrons. The average Bonchev–Trinajstić information content (AvgIpc) is 1.96. The van der Waals surface area contributed by atoms with Crippen molar-refractivity contribution in [1.82, 2.24) is 5.32 Å². The van der Waals surface area contributed by atoms with Crippen LogP contribution < -0.4 is 5.32 Å². The van der Waals surface area contributed by atoms with E-state index < -0.39 is 5.60 Å². The predicted molar refractivity (Wildman–Crippen MR) is 58.4 cm³/mol. The van der Waals surface area contributed by atoms with Crippen LogP contribution in [0.15, 0.2) is 0 Å². The Bertz CT molecular complexity index is 173. The summed E-state index contributed by atoms with van der Waals surface area (Å²) in [4.78, 5) is 11.3. The van der Waals surface area contributed by atoms with Crippen LogP contribution in [0.4, 0.5) is 4.79 Å². The van der Waals surface area contributed by atoms with Gasteiger partial charge in [0.2, 0.25) is 0 Å². The largest absolute Gasteiger partial charge is 0.444 e. The van der Waals surface area contributed by atoms with Crippen LogP contribution in [0.5, 0.6) is 0 Å².